The van der Waals surface area contributed by atoms with Crippen molar-refractivity contribution >= 4 is 46.2 Å². The first-order valence-electron chi connectivity index (χ1n) is 14.0. The molecule has 5 heterocycles. The second kappa shape index (κ2) is 16.7. The van der Waals surface area contributed by atoms with Gasteiger partial charge in [0.05, 0.1) is 5.69 Å². The highest BCUT2D eigenvalue weighted by Gasteiger charge is 2.39. The van der Waals surface area contributed by atoms with E-state index >= 15 is 0 Å². The van der Waals surface area contributed by atoms with Gasteiger partial charge >= 0.3 is 24.3 Å². The summed E-state index contributed by atoms with van der Waals surface area (Å²) in [7, 11) is 2.16. The smallest absolute Gasteiger partial charge is 0.475 e. The zero-order valence-corrected chi connectivity index (χ0v) is 27.5. The standard InChI is InChI=1S/C25H27N7OS2.2C2HF3O2/c1-17-19(7-6-12-26-17)33-20-15-18(34-21-8-4-5-11-27-21)16-28-22(20)29-24-30-23(31-35-24)25(2)9-13-32(3)14-10-25;2*3-2(4,5)1(6)7/h4-8,11-12,15-16H,9-10,13-14H2,1-3H3,(H,28,29,30,31);2*(H,6,7). The number of aryl methyl sites for hydroxylation is 1. The highest BCUT2D eigenvalue weighted by molar-refractivity contribution is 7.99. The van der Waals surface area contributed by atoms with Crippen LogP contribution in [0.2, 0.25) is 0 Å². The zero-order valence-electron chi connectivity index (χ0n) is 25.9. The van der Waals surface area contributed by atoms with Gasteiger partial charge in [-0.05, 0) is 64.2 Å². The number of carboxylic acid groups (broad SMARTS) is 2. The van der Waals surface area contributed by atoms with Gasteiger partial charge in [-0.2, -0.15) is 30.7 Å². The van der Waals surface area contributed by atoms with Crippen molar-refractivity contribution in [2.45, 2.75) is 54.4 Å². The first kappa shape index (κ1) is 38.9. The minimum absolute atomic E-state index is 0.00823. The van der Waals surface area contributed by atoms with Crippen molar-refractivity contribution in [3.05, 3.63) is 66.5 Å². The van der Waals surface area contributed by atoms with Crippen LogP contribution in [0.25, 0.3) is 0 Å². The molecule has 0 saturated carbocycles. The Morgan fingerprint density at radius 1 is 0.959 bits per heavy atom. The molecule has 5 rings (SSSR count). The predicted octanol–water partition coefficient (Wildman–Crippen LogP) is 6.97. The molecule has 0 amide bonds. The number of rotatable bonds is 7. The first-order valence-corrected chi connectivity index (χ1v) is 15.5. The molecule has 0 spiro atoms. The number of piperidine rings is 1. The summed E-state index contributed by atoms with van der Waals surface area (Å²) in [6.07, 6.45) is -2.73. The van der Waals surface area contributed by atoms with Crippen LogP contribution in [0.4, 0.5) is 37.3 Å². The molecule has 3 N–H and O–H groups in total. The molecule has 1 aliphatic rings. The van der Waals surface area contributed by atoms with Crippen molar-refractivity contribution in [3.63, 3.8) is 0 Å². The van der Waals surface area contributed by atoms with Crippen LogP contribution in [-0.4, -0.2) is 83.9 Å². The second-order valence-corrected chi connectivity index (χ2v) is 12.3. The summed E-state index contributed by atoms with van der Waals surface area (Å²) in [4.78, 5) is 39.3. The molecule has 1 fully saturated rings. The van der Waals surface area contributed by atoms with Crippen molar-refractivity contribution < 1.29 is 50.9 Å². The van der Waals surface area contributed by atoms with E-state index in [2.05, 4.69) is 39.1 Å². The maximum absolute atomic E-state index is 10.6. The summed E-state index contributed by atoms with van der Waals surface area (Å²) in [6.45, 7) is 6.28. The number of nitrogens with one attached hydrogen (secondary N) is 1. The third-order valence-corrected chi connectivity index (χ3v) is 8.17. The van der Waals surface area contributed by atoms with Gasteiger partial charge in [0, 0.05) is 46.5 Å². The number of aliphatic carboxylic acids is 2. The highest BCUT2D eigenvalue weighted by atomic mass is 32.2. The summed E-state index contributed by atoms with van der Waals surface area (Å²) >= 11 is 2.88. The molecule has 4 aromatic heterocycles. The molecule has 12 nitrogen and oxygen atoms in total. The Bertz CT molecular complexity index is 1680. The highest BCUT2D eigenvalue weighted by Crippen LogP contribution is 2.38. The minimum atomic E-state index is -5.08. The lowest BCUT2D eigenvalue weighted by Gasteiger charge is -2.35. The van der Waals surface area contributed by atoms with Gasteiger partial charge in [-0.1, -0.05) is 24.8 Å². The average molecular weight is 734 g/mol. The van der Waals surface area contributed by atoms with E-state index < -0.39 is 24.3 Å². The molecular formula is C29H29F6N7O5S2. The number of pyridine rings is 3. The Labute approximate surface area is 283 Å². The van der Waals surface area contributed by atoms with Crippen molar-refractivity contribution in [3.8, 4) is 11.5 Å². The Morgan fingerprint density at radius 2 is 1.57 bits per heavy atom. The molecule has 20 heteroatoms. The van der Waals surface area contributed by atoms with E-state index in [9.17, 15) is 26.3 Å². The second-order valence-electron chi connectivity index (χ2n) is 10.5. The van der Waals surface area contributed by atoms with E-state index in [1.165, 1.54) is 23.3 Å². The minimum Gasteiger partial charge on any atom is -0.475 e. The van der Waals surface area contributed by atoms with Crippen LogP contribution in [0.5, 0.6) is 11.5 Å². The van der Waals surface area contributed by atoms with Gasteiger partial charge in [-0.25, -0.2) is 24.5 Å². The van der Waals surface area contributed by atoms with Crippen molar-refractivity contribution in [2.75, 3.05) is 25.5 Å². The number of aromatic nitrogens is 5. The third kappa shape index (κ3) is 12.1. The monoisotopic (exact) mass is 733 g/mol. The molecule has 1 aliphatic heterocycles. The zero-order chi connectivity index (χ0) is 36.4. The fourth-order valence-electron chi connectivity index (χ4n) is 3.83. The van der Waals surface area contributed by atoms with E-state index in [-0.39, 0.29) is 5.41 Å². The van der Waals surface area contributed by atoms with Crippen LogP contribution >= 0.6 is 23.3 Å². The molecule has 0 bridgehead atoms. The molecular weight excluding hydrogens is 704 g/mol. The number of carboxylic acids is 2. The molecule has 0 aromatic carbocycles. The van der Waals surface area contributed by atoms with Crippen LogP contribution in [0.1, 0.15) is 31.3 Å². The predicted molar refractivity (Wildman–Crippen MR) is 166 cm³/mol. The third-order valence-electron chi connectivity index (χ3n) is 6.63. The van der Waals surface area contributed by atoms with Gasteiger partial charge < -0.3 is 25.2 Å². The Hall–Kier alpha value is -4.56. The molecule has 0 unspecified atom stereocenters. The van der Waals surface area contributed by atoms with Crippen LogP contribution in [0, 0.1) is 6.92 Å². The summed E-state index contributed by atoms with van der Waals surface area (Å²) in [5.74, 6) is -2.78. The van der Waals surface area contributed by atoms with Crippen LogP contribution < -0.4 is 10.1 Å². The lowest BCUT2D eigenvalue weighted by Crippen LogP contribution is -2.39. The quantitative estimate of drug-likeness (QED) is 0.167. The van der Waals surface area contributed by atoms with E-state index in [4.69, 9.17) is 33.9 Å². The van der Waals surface area contributed by atoms with Crippen LogP contribution in [0.15, 0.2) is 64.9 Å². The average Bonchev–Trinajstić information content (AvgIpc) is 3.51. The fraction of sp³-hybridized carbons (Fsp3) is 0.345. The Balaban J connectivity index is 0.000000392. The maximum Gasteiger partial charge on any atom is 0.490 e. The lowest BCUT2D eigenvalue weighted by atomic mass is 9.80. The molecule has 0 aliphatic carbocycles. The summed E-state index contributed by atoms with van der Waals surface area (Å²) in [6, 6.07) is 11.5. The van der Waals surface area contributed by atoms with Crippen LogP contribution in [-0.2, 0) is 15.0 Å². The maximum atomic E-state index is 10.6. The summed E-state index contributed by atoms with van der Waals surface area (Å²) < 4.78 is 74.4. The number of nitrogens with zero attached hydrogens (tertiary/aromatic N) is 6. The molecule has 0 radical (unpaired) electrons. The van der Waals surface area contributed by atoms with Crippen molar-refractivity contribution in [1.29, 1.82) is 0 Å². The molecule has 49 heavy (non-hydrogen) atoms. The topological polar surface area (TPSA) is 164 Å². The Morgan fingerprint density at radius 3 is 2.12 bits per heavy atom. The van der Waals surface area contributed by atoms with E-state index in [1.807, 2.05) is 49.5 Å². The van der Waals surface area contributed by atoms with Gasteiger partial charge in [0.1, 0.15) is 10.8 Å². The summed E-state index contributed by atoms with van der Waals surface area (Å²) in [5.41, 5.74) is 0.792. The van der Waals surface area contributed by atoms with Gasteiger partial charge in [0.15, 0.2) is 17.4 Å². The number of hydrogen-bond acceptors (Lipinski definition) is 12. The summed E-state index contributed by atoms with van der Waals surface area (Å²) in [5, 5.41) is 19.2. The number of alkyl halides is 6. The number of halogens is 6. The van der Waals surface area contributed by atoms with Crippen molar-refractivity contribution in [2.24, 2.45) is 0 Å². The molecule has 264 valence electrons. The first-order chi connectivity index (χ1) is 22.9. The van der Waals surface area contributed by atoms with Crippen molar-refractivity contribution in [1.82, 2.24) is 29.2 Å². The number of carbonyl (C=O) groups is 2. The number of anilines is 2. The SMILES string of the molecule is Cc1ncccc1Oc1cc(Sc2ccccn2)cnc1Nc1nc(C2(C)CCN(C)CC2)ns1.O=C(O)C(F)(F)F.O=C(O)C(F)(F)F. The van der Waals surface area contributed by atoms with E-state index in [0.717, 1.165) is 47.4 Å². The molecule has 4 aromatic rings. The number of likely N-dealkylation sites (tertiary alicyclic amines) is 1. The van der Waals surface area contributed by atoms with E-state index in [0.29, 0.717) is 22.4 Å². The molecule has 0 atom stereocenters. The van der Waals surface area contributed by atoms with Crippen LogP contribution in [0.3, 0.4) is 0 Å². The number of ether oxygens (including phenoxy) is 1. The molecule has 1 saturated heterocycles. The normalized spacial score (nSPS) is 14.4. The fourth-order valence-corrected chi connectivity index (χ4v) is 5.31. The van der Waals surface area contributed by atoms with E-state index in [1.54, 1.807) is 12.4 Å². The van der Waals surface area contributed by atoms with Gasteiger partial charge in [-0.15, -0.1) is 0 Å². The van der Waals surface area contributed by atoms with Gasteiger partial charge in [-0.3, -0.25) is 4.98 Å². The Kier molecular flexibility index (Phi) is 13.3. The number of hydrogen-bond donors (Lipinski definition) is 3. The lowest BCUT2D eigenvalue weighted by molar-refractivity contribution is -0.193. The van der Waals surface area contributed by atoms with Gasteiger partial charge in [0.25, 0.3) is 0 Å². The largest absolute Gasteiger partial charge is 0.490 e. The van der Waals surface area contributed by atoms with Gasteiger partial charge in [0.2, 0.25) is 5.13 Å².